The molecular weight excluding hydrogens is 334 g/mol. The second kappa shape index (κ2) is 6.81. The number of nitrogens with zero attached hydrogens (tertiary/aromatic N) is 3. The van der Waals surface area contributed by atoms with Crippen LogP contribution < -0.4 is 0 Å². The molecule has 0 aliphatic heterocycles. The second-order valence-corrected chi connectivity index (χ2v) is 4.91. The Morgan fingerprint density at radius 3 is 2.56 bits per heavy atom. The Kier molecular flexibility index (Phi) is 5.69. The molecule has 0 N–H and O–H groups in total. The maximum absolute atomic E-state index is 4.31. The van der Waals surface area contributed by atoms with E-state index in [9.17, 15) is 0 Å². The van der Waals surface area contributed by atoms with Gasteiger partial charge in [-0.05, 0) is 28.1 Å². The predicted molar refractivity (Wildman–Crippen MR) is 73.6 cm³/mol. The number of rotatable bonds is 1. The Labute approximate surface area is 112 Å². The van der Waals surface area contributed by atoms with Crippen LogP contribution in [0.3, 0.4) is 0 Å². The molecule has 2 rings (SSSR count). The third-order valence-electron chi connectivity index (χ3n) is 1.77. The summed E-state index contributed by atoms with van der Waals surface area (Å²) < 4.78 is 2.77. The van der Waals surface area contributed by atoms with Crippen molar-refractivity contribution in [1.29, 1.82) is 0 Å². The van der Waals surface area contributed by atoms with Gasteiger partial charge < -0.3 is 4.57 Å². The fourth-order valence-corrected chi connectivity index (χ4v) is 1.49. The SMILES string of the molecule is CCBr.Cn1ccnc1-c1cccc(Br)n1. The minimum absolute atomic E-state index is 0.827. The molecule has 2 aromatic heterocycles. The zero-order valence-electron chi connectivity index (χ0n) is 9.19. The van der Waals surface area contributed by atoms with E-state index in [1.54, 1.807) is 6.20 Å². The van der Waals surface area contributed by atoms with E-state index in [4.69, 9.17) is 0 Å². The molecule has 2 heterocycles. The molecule has 2 aromatic rings. The summed E-state index contributed by atoms with van der Waals surface area (Å²) in [5, 5.41) is 1.06. The van der Waals surface area contributed by atoms with Gasteiger partial charge in [-0.25, -0.2) is 9.97 Å². The highest BCUT2D eigenvalue weighted by atomic mass is 79.9. The first-order valence-electron chi connectivity index (χ1n) is 4.85. The number of aryl methyl sites for hydroxylation is 1. The summed E-state index contributed by atoms with van der Waals surface area (Å²) in [6.07, 6.45) is 3.66. The van der Waals surface area contributed by atoms with Crippen molar-refractivity contribution in [2.24, 2.45) is 7.05 Å². The molecule has 0 aromatic carbocycles. The van der Waals surface area contributed by atoms with Crippen LogP contribution in [0.2, 0.25) is 0 Å². The lowest BCUT2D eigenvalue weighted by Crippen LogP contribution is -1.93. The highest BCUT2D eigenvalue weighted by Gasteiger charge is 2.03. The van der Waals surface area contributed by atoms with Crippen molar-refractivity contribution in [1.82, 2.24) is 14.5 Å². The van der Waals surface area contributed by atoms with Crippen LogP contribution in [0.4, 0.5) is 0 Å². The number of imidazole rings is 1. The minimum atomic E-state index is 0.827. The van der Waals surface area contributed by atoms with E-state index < -0.39 is 0 Å². The van der Waals surface area contributed by atoms with Crippen molar-refractivity contribution < 1.29 is 0 Å². The Hall–Kier alpha value is -0.680. The van der Waals surface area contributed by atoms with E-state index in [2.05, 4.69) is 41.8 Å². The summed E-state index contributed by atoms with van der Waals surface area (Å²) >= 11 is 6.47. The number of pyridine rings is 1. The van der Waals surface area contributed by atoms with E-state index in [1.165, 1.54) is 0 Å². The number of hydrogen-bond acceptors (Lipinski definition) is 2. The summed E-state index contributed by atoms with van der Waals surface area (Å²) in [5.74, 6) is 0.876. The van der Waals surface area contributed by atoms with Crippen LogP contribution in [0.1, 0.15) is 6.92 Å². The van der Waals surface area contributed by atoms with Crippen molar-refractivity contribution in [3.8, 4) is 11.5 Å². The highest BCUT2D eigenvalue weighted by Crippen LogP contribution is 2.16. The molecule has 0 unspecified atom stereocenters. The van der Waals surface area contributed by atoms with Gasteiger partial charge in [0.2, 0.25) is 0 Å². The van der Waals surface area contributed by atoms with E-state index in [0.717, 1.165) is 21.5 Å². The lowest BCUT2D eigenvalue weighted by molar-refractivity contribution is 0.916. The topological polar surface area (TPSA) is 30.7 Å². The standard InChI is InChI=1S/C9H8BrN3.C2H5Br/c1-13-6-5-11-9(13)7-3-2-4-8(10)12-7;1-2-3/h2-6H,1H3;2H2,1H3. The molecule has 0 radical (unpaired) electrons. The molecule has 0 spiro atoms. The first-order chi connectivity index (χ1) is 7.69. The van der Waals surface area contributed by atoms with Crippen molar-refractivity contribution in [2.45, 2.75) is 6.92 Å². The van der Waals surface area contributed by atoms with Gasteiger partial charge in [0.15, 0.2) is 5.82 Å². The smallest absolute Gasteiger partial charge is 0.158 e. The fraction of sp³-hybridized carbons (Fsp3) is 0.273. The number of hydrogen-bond donors (Lipinski definition) is 0. The van der Waals surface area contributed by atoms with Crippen LogP contribution in [-0.2, 0) is 7.05 Å². The second-order valence-electron chi connectivity index (χ2n) is 2.97. The predicted octanol–water partition coefficient (Wildman–Crippen LogP) is 3.65. The van der Waals surface area contributed by atoms with Gasteiger partial charge in [0.1, 0.15) is 10.3 Å². The number of aromatic nitrogens is 3. The highest BCUT2D eigenvalue weighted by molar-refractivity contribution is 9.10. The molecule has 86 valence electrons. The van der Waals surface area contributed by atoms with Gasteiger partial charge in [0.05, 0.1) is 0 Å². The van der Waals surface area contributed by atoms with Gasteiger partial charge in [-0.15, -0.1) is 0 Å². The van der Waals surface area contributed by atoms with E-state index in [-0.39, 0.29) is 0 Å². The van der Waals surface area contributed by atoms with Crippen LogP contribution in [0.5, 0.6) is 0 Å². The molecule has 0 bridgehead atoms. The van der Waals surface area contributed by atoms with Gasteiger partial charge in [0.25, 0.3) is 0 Å². The maximum Gasteiger partial charge on any atom is 0.158 e. The van der Waals surface area contributed by atoms with Gasteiger partial charge >= 0.3 is 0 Å². The third kappa shape index (κ3) is 3.72. The molecule has 0 amide bonds. The minimum Gasteiger partial charge on any atom is -0.333 e. The molecule has 3 nitrogen and oxygen atoms in total. The molecule has 0 fully saturated rings. The van der Waals surface area contributed by atoms with Gasteiger partial charge in [-0.3, -0.25) is 0 Å². The summed E-state index contributed by atoms with van der Waals surface area (Å²) in [7, 11) is 1.95. The molecule has 5 heteroatoms. The summed E-state index contributed by atoms with van der Waals surface area (Å²) in [6.45, 7) is 2.04. The van der Waals surface area contributed by atoms with Crippen LogP contribution in [0.15, 0.2) is 35.2 Å². The maximum atomic E-state index is 4.31. The zero-order valence-corrected chi connectivity index (χ0v) is 12.4. The monoisotopic (exact) mass is 345 g/mol. The lowest BCUT2D eigenvalue weighted by atomic mass is 10.3. The molecule has 16 heavy (non-hydrogen) atoms. The third-order valence-corrected chi connectivity index (χ3v) is 2.21. The average Bonchev–Trinajstić information content (AvgIpc) is 2.65. The molecular formula is C11H13Br2N3. The van der Waals surface area contributed by atoms with E-state index in [0.29, 0.717) is 0 Å². The van der Waals surface area contributed by atoms with Crippen LogP contribution in [0, 0.1) is 0 Å². The molecule has 0 aliphatic rings. The Balaban J connectivity index is 0.000000386. The lowest BCUT2D eigenvalue weighted by Gasteiger charge is -2.00. The first-order valence-corrected chi connectivity index (χ1v) is 6.76. The normalized spacial score (nSPS) is 9.50. The van der Waals surface area contributed by atoms with E-state index in [1.807, 2.05) is 42.9 Å². The molecule has 0 aliphatic carbocycles. The van der Waals surface area contributed by atoms with E-state index >= 15 is 0 Å². The molecule has 0 saturated heterocycles. The molecule has 0 atom stereocenters. The number of halogens is 2. The van der Waals surface area contributed by atoms with Crippen molar-refractivity contribution >= 4 is 31.9 Å². The summed E-state index contributed by atoms with van der Waals surface area (Å²) in [5.41, 5.74) is 0.877. The Morgan fingerprint density at radius 2 is 2.06 bits per heavy atom. The quantitative estimate of drug-likeness (QED) is 0.583. The summed E-state index contributed by atoms with van der Waals surface area (Å²) in [6, 6.07) is 5.78. The first kappa shape index (κ1) is 13.4. The van der Waals surface area contributed by atoms with Gasteiger partial charge in [0, 0.05) is 24.8 Å². The Morgan fingerprint density at radius 1 is 1.38 bits per heavy atom. The molecule has 0 saturated carbocycles. The van der Waals surface area contributed by atoms with Crippen molar-refractivity contribution in [3.05, 3.63) is 35.2 Å². The van der Waals surface area contributed by atoms with Gasteiger partial charge in [-0.2, -0.15) is 0 Å². The van der Waals surface area contributed by atoms with Crippen LogP contribution >= 0.6 is 31.9 Å². The number of alkyl halides is 1. The Bertz CT molecular complexity index is 440. The largest absolute Gasteiger partial charge is 0.333 e. The fourth-order valence-electron chi connectivity index (χ4n) is 1.15. The van der Waals surface area contributed by atoms with Crippen molar-refractivity contribution in [3.63, 3.8) is 0 Å². The van der Waals surface area contributed by atoms with Crippen molar-refractivity contribution in [2.75, 3.05) is 5.33 Å². The summed E-state index contributed by atoms with van der Waals surface area (Å²) in [4.78, 5) is 8.52. The van der Waals surface area contributed by atoms with Gasteiger partial charge in [-0.1, -0.05) is 28.9 Å². The van der Waals surface area contributed by atoms with Crippen LogP contribution in [0.25, 0.3) is 11.5 Å². The van der Waals surface area contributed by atoms with Crippen LogP contribution in [-0.4, -0.2) is 19.9 Å². The average molecular weight is 347 g/mol. The zero-order chi connectivity index (χ0) is 12.0.